The summed E-state index contributed by atoms with van der Waals surface area (Å²) in [5.41, 5.74) is 7.38. The van der Waals surface area contributed by atoms with Gasteiger partial charge in [0.25, 0.3) is 0 Å². The maximum Gasteiger partial charge on any atom is 0.165 e. The van der Waals surface area contributed by atoms with Gasteiger partial charge in [0.15, 0.2) is 11.6 Å². The Hall–Kier alpha value is -2.04. The molecule has 16 heavy (non-hydrogen) atoms. The van der Waals surface area contributed by atoms with Crippen molar-refractivity contribution in [2.75, 3.05) is 12.8 Å². The summed E-state index contributed by atoms with van der Waals surface area (Å²) in [6, 6.07) is 4.59. The minimum atomic E-state index is -0.395. The molecule has 0 aliphatic rings. The number of nitrogens with zero attached hydrogens (tertiary/aromatic N) is 2. The van der Waals surface area contributed by atoms with Gasteiger partial charge in [-0.2, -0.15) is 5.10 Å². The van der Waals surface area contributed by atoms with Crippen molar-refractivity contribution < 1.29 is 9.13 Å². The molecule has 0 aliphatic heterocycles. The van der Waals surface area contributed by atoms with Crippen LogP contribution in [-0.4, -0.2) is 16.9 Å². The highest BCUT2D eigenvalue weighted by Gasteiger charge is 2.10. The summed E-state index contributed by atoms with van der Waals surface area (Å²) in [6.45, 7) is 0. The van der Waals surface area contributed by atoms with Gasteiger partial charge in [0.05, 0.1) is 13.3 Å². The van der Waals surface area contributed by atoms with Crippen LogP contribution in [0.3, 0.4) is 0 Å². The molecule has 0 amide bonds. The Morgan fingerprint density at radius 1 is 1.44 bits per heavy atom. The second-order valence-electron chi connectivity index (χ2n) is 3.42. The molecular formula is C11H12FN3O. The van der Waals surface area contributed by atoms with Crippen molar-refractivity contribution in [2.45, 2.75) is 0 Å². The largest absolute Gasteiger partial charge is 0.494 e. The minimum Gasteiger partial charge on any atom is -0.494 e. The van der Waals surface area contributed by atoms with Gasteiger partial charge in [0.2, 0.25) is 0 Å². The maximum absolute atomic E-state index is 13.2. The number of nitrogens with two attached hydrogens (primary N) is 1. The number of hydrogen-bond donors (Lipinski definition) is 1. The van der Waals surface area contributed by atoms with Gasteiger partial charge in [-0.05, 0) is 17.7 Å². The van der Waals surface area contributed by atoms with Gasteiger partial charge in [0, 0.05) is 12.6 Å². The Kier molecular flexibility index (Phi) is 2.52. The molecule has 4 nitrogen and oxygen atoms in total. The molecule has 2 aromatic rings. The van der Waals surface area contributed by atoms with Crippen LogP contribution >= 0.6 is 0 Å². The Labute approximate surface area is 92.4 Å². The molecule has 0 unspecified atom stereocenters. The van der Waals surface area contributed by atoms with E-state index in [1.807, 2.05) is 0 Å². The number of hydrogen-bond acceptors (Lipinski definition) is 3. The fourth-order valence-electron chi connectivity index (χ4n) is 1.50. The molecule has 5 heteroatoms. The van der Waals surface area contributed by atoms with E-state index in [0.717, 1.165) is 11.1 Å². The van der Waals surface area contributed by atoms with Crippen LogP contribution in [0.2, 0.25) is 0 Å². The van der Waals surface area contributed by atoms with Gasteiger partial charge in [-0.25, -0.2) is 4.39 Å². The number of anilines is 1. The lowest BCUT2D eigenvalue weighted by Gasteiger charge is -2.05. The van der Waals surface area contributed by atoms with Crippen molar-refractivity contribution >= 4 is 5.82 Å². The van der Waals surface area contributed by atoms with E-state index in [1.54, 1.807) is 30.1 Å². The standard InChI is InChI=1S/C11H12FN3O/c1-15-11(13)8(6-14-15)7-3-4-9(12)10(5-7)16-2/h3-6H,13H2,1-2H3. The first-order valence-corrected chi connectivity index (χ1v) is 4.75. The summed E-state index contributed by atoms with van der Waals surface area (Å²) < 4.78 is 19.7. The van der Waals surface area contributed by atoms with Crippen molar-refractivity contribution in [3.63, 3.8) is 0 Å². The molecule has 1 aromatic carbocycles. The first-order chi connectivity index (χ1) is 7.63. The van der Waals surface area contributed by atoms with E-state index in [1.165, 1.54) is 13.2 Å². The summed E-state index contributed by atoms with van der Waals surface area (Å²) in [5, 5.41) is 4.03. The number of aromatic nitrogens is 2. The summed E-state index contributed by atoms with van der Waals surface area (Å²) in [7, 11) is 3.17. The van der Waals surface area contributed by atoms with Gasteiger partial charge in [-0.3, -0.25) is 4.68 Å². The predicted molar refractivity (Wildman–Crippen MR) is 59.6 cm³/mol. The van der Waals surface area contributed by atoms with Gasteiger partial charge in [0.1, 0.15) is 5.82 Å². The summed E-state index contributed by atoms with van der Waals surface area (Å²) >= 11 is 0. The van der Waals surface area contributed by atoms with Crippen LogP contribution in [-0.2, 0) is 7.05 Å². The smallest absolute Gasteiger partial charge is 0.165 e. The molecule has 1 heterocycles. The third-order valence-corrected chi connectivity index (χ3v) is 2.45. The van der Waals surface area contributed by atoms with Crippen molar-refractivity contribution in [3.05, 3.63) is 30.2 Å². The SMILES string of the molecule is COc1cc(-c2cnn(C)c2N)ccc1F. The van der Waals surface area contributed by atoms with Crippen LogP contribution < -0.4 is 10.5 Å². The molecule has 0 aliphatic carbocycles. The first kappa shape index (κ1) is 10.5. The first-order valence-electron chi connectivity index (χ1n) is 4.75. The average Bonchev–Trinajstić information content (AvgIpc) is 2.61. The van der Waals surface area contributed by atoms with E-state index >= 15 is 0 Å². The molecule has 0 saturated heterocycles. The van der Waals surface area contributed by atoms with Crippen LogP contribution in [0.1, 0.15) is 0 Å². The molecule has 2 rings (SSSR count). The number of methoxy groups -OCH3 is 1. The van der Waals surface area contributed by atoms with Crippen LogP contribution in [0, 0.1) is 5.82 Å². The molecule has 0 fully saturated rings. The summed E-state index contributed by atoms with van der Waals surface area (Å²) in [6.07, 6.45) is 1.64. The average molecular weight is 221 g/mol. The van der Waals surface area contributed by atoms with E-state index in [2.05, 4.69) is 5.10 Å². The van der Waals surface area contributed by atoms with E-state index in [-0.39, 0.29) is 5.75 Å². The fraction of sp³-hybridized carbons (Fsp3) is 0.182. The number of nitrogen functional groups attached to an aromatic ring is 1. The second kappa shape index (κ2) is 3.84. The van der Waals surface area contributed by atoms with Crippen molar-refractivity contribution in [3.8, 4) is 16.9 Å². The van der Waals surface area contributed by atoms with Gasteiger partial charge in [-0.1, -0.05) is 6.07 Å². The van der Waals surface area contributed by atoms with E-state index in [0.29, 0.717) is 5.82 Å². The van der Waals surface area contributed by atoms with Crippen molar-refractivity contribution in [1.29, 1.82) is 0 Å². The molecule has 0 bridgehead atoms. The minimum absolute atomic E-state index is 0.195. The number of rotatable bonds is 2. The number of benzene rings is 1. The molecule has 0 saturated carbocycles. The molecular weight excluding hydrogens is 209 g/mol. The molecule has 0 atom stereocenters. The van der Waals surface area contributed by atoms with E-state index in [4.69, 9.17) is 10.5 Å². The zero-order chi connectivity index (χ0) is 11.7. The monoisotopic (exact) mass is 221 g/mol. The molecule has 1 aromatic heterocycles. The third-order valence-electron chi connectivity index (χ3n) is 2.45. The Bertz CT molecular complexity index is 522. The number of aryl methyl sites for hydroxylation is 1. The fourth-order valence-corrected chi connectivity index (χ4v) is 1.50. The van der Waals surface area contributed by atoms with Gasteiger partial charge < -0.3 is 10.5 Å². The maximum atomic E-state index is 13.2. The molecule has 84 valence electrons. The van der Waals surface area contributed by atoms with Gasteiger partial charge in [-0.15, -0.1) is 0 Å². The highest BCUT2D eigenvalue weighted by molar-refractivity contribution is 5.74. The molecule has 0 spiro atoms. The van der Waals surface area contributed by atoms with Gasteiger partial charge >= 0.3 is 0 Å². The normalized spacial score (nSPS) is 10.4. The lowest BCUT2D eigenvalue weighted by atomic mass is 10.1. The van der Waals surface area contributed by atoms with E-state index < -0.39 is 5.82 Å². The molecule has 2 N–H and O–H groups in total. The lowest BCUT2D eigenvalue weighted by molar-refractivity contribution is 0.387. The Morgan fingerprint density at radius 2 is 2.19 bits per heavy atom. The van der Waals surface area contributed by atoms with Crippen molar-refractivity contribution in [2.24, 2.45) is 7.05 Å². The zero-order valence-corrected chi connectivity index (χ0v) is 9.07. The summed E-state index contributed by atoms with van der Waals surface area (Å²) in [5.74, 6) is 0.336. The number of halogens is 1. The van der Waals surface area contributed by atoms with E-state index in [9.17, 15) is 4.39 Å². The Morgan fingerprint density at radius 3 is 2.75 bits per heavy atom. The quantitative estimate of drug-likeness (QED) is 0.841. The number of ether oxygens (including phenoxy) is 1. The lowest BCUT2D eigenvalue weighted by Crippen LogP contribution is -1.98. The van der Waals surface area contributed by atoms with Crippen molar-refractivity contribution in [1.82, 2.24) is 9.78 Å². The van der Waals surface area contributed by atoms with Crippen LogP contribution in [0.5, 0.6) is 5.75 Å². The third kappa shape index (κ3) is 1.60. The summed E-state index contributed by atoms with van der Waals surface area (Å²) in [4.78, 5) is 0. The topological polar surface area (TPSA) is 53.1 Å². The van der Waals surface area contributed by atoms with Crippen LogP contribution in [0.15, 0.2) is 24.4 Å². The zero-order valence-electron chi connectivity index (χ0n) is 9.07. The predicted octanol–water partition coefficient (Wildman–Crippen LogP) is 1.82. The highest BCUT2D eigenvalue weighted by Crippen LogP contribution is 2.29. The highest BCUT2D eigenvalue weighted by atomic mass is 19.1. The van der Waals surface area contributed by atoms with Crippen LogP contribution in [0.4, 0.5) is 10.2 Å². The molecule has 0 radical (unpaired) electrons. The Balaban J connectivity index is 2.52. The van der Waals surface area contributed by atoms with Crippen LogP contribution in [0.25, 0.3) is 11.1 Å². The second-order valence-corrected chi connectivity index (χ2v) is 3.42.